The van der Waals surface area contributed by atoms with E-state index in [1.54, 1.807) is 0 Å². The van der Waals surface area contributed by atoms with E-state index in [-0.39, 0.29) is 0 Å². The zero-order valence-electron chi connectivity index (χ0n) is 12.5. The van der Waals surface area contributed by atoms with Gasteiger partial charge in [-0.15, -0.1) is 10.2 Å². The van der Waals surface area contributed by atoms with Crippen molar-refractivity contribution < 1.29 is 8.83 Å². The Balaban J connectivity index is 1.62. The molecule has 0 bridgehead atoms. The molecule has 0 fully saturated rings. The summed E-state index contributed by atoms with van der Waals surface area (Å²) in [6, 6.07) is 21.4. The molecular weight excluding hydrogens is 302 g/mol. The monoisotopic (exact) mass is 313 g/mol. The molecule has 0 aliphatic heterocycles. The highest BCUT2D eigenvalue weighted by Gasteiger charge is 2.13. The number of hydrogen-bond acceptors (Lipinski definition) is 5. The van der Waals surface area contributed by atoms with E-state index < -0.39 is 0 Å². The molecule has 114 valence electrons. The molecule has 0 amide bonds. The predicted molar refractivity (Wildman–Crippen MR) is 90.2 cm³/mol. The van der Waals surface area contributed by atoms with Crippen LogP contribution in [-0.4, -0.2) is 15.4 Å². The second-order valence-electron chi connectivity index (χ2n) is 5.50. The van der Waals surface area contributed by atoms with Crippen molar-refractivity contribution in [3.05, 3.63) is 66.7 Å². The quantitative estimate of drug-likeness (QED) is 0.472. The molecule has 24 heavy (non-hydrogen) atoms. The first-order chi connectivity index (χ1) is 11.9. The van der Waals surface area contributed by atoms with E-state index in [1.165, 1.54) is 0 Å². The number of furan rings is 2. The Morgan fingerprint density at radius 1 is 0.583 bits per heavy atom. The summed E-state index contributed by atoms with van der Waals surface area (Å²) in [6.45, 7) is 0. The zero-order chi connectivity index (χ0) is 15.9. The first-order valence-corrected chi connectivity index (χ1v) is 7.55. The second kappa shape index (κ2) is 5.03. The average Bonchev–Trinajstić information content (AvgIpc) is 3.26. The fourth-order valence-electron chi connectivity index (χ4n) is 2.76. The topological polar surface area (TPSA) is 65.0 Å². The highest BCUT2D eigenvalue weighted by atomic mass is 16.3. The zero-order valence-corrected chi connectivity index (χ0v) is 12.5. The Bertz CT molecular complexity index is 1020. The van der Waals surface area contributed by atoms with Gasteiger partial charge in [0.1, 0.15) is 22.6 Å². The van der Waals surface area contributed by atoms with Crippen molar-refractivity contribution in [3.63, 3.8) is 0 Å². The minimum absolute atomic E-state index is 0.622. The number of rotatable bonds is 2. The molecule has 5 aromatic rings. The van der Waals surface area contributed by atoms with Gasteiger partial charge in [0.05, 0.1) is 0 Å². The molecule has 0 aliphatic carbocycles. The molecule has 0 spiro atoms. The summed E-state index contributed by atoms with van der Waals surface area (Å²) >= 11 is 0. The standard InChI is InChI=1S/C19H11N3O2/c1-3-7-16-12(5-1)9-18(23-16)14-11-15(21-22-20-14)19-10-13-6-2-4-8-17(13)24-19/h1-11H. The van der Waals surface area contributed by atoms with Gasteiger partial charge >= 0.3 is 0 Å². The molecule has 5 rings (SSSR count). The van der Waals surface area contributed by atoms with Crippen LogP contribution in [0.2, 0.25) is 0 Å². The van der Waals surface area contributed by atoms with Crippen LogP contribution in [-0.2, 0) is 0 Å². The van der Waals surface area contributed by atoms with Gasteiger partial charge in [-0.25, -0.2) is 0 Å². The van der Waals surface area contributed by atoms with Gasteiger partial charge < -0.3 is 8.83 Å². The van der Waals surface area contributed by atoms with E-state index in [9.17, 15) is 0 Å². The highest BCUT2D eigenvalue weighted by Crippen LogP contribution is 2.30. The average molecular weight is 313 g/mol. The number of hydrogen-bond donors (Lipinski definition) is 0. The number of aromatic nitrogens is 3. The van der Waals surface area contributed by atoms with E-state index in [4.69, 9.17) is 8.83 Å². The van der Waals surface area contributed by atoms with Crippen LogP contribution in [0.4, 0.5) is 0 Å². The Labute approximate surface area is 136 Å². The van der Waals surface area contributed by atoms with Gasteiger partial charge in [0, 0.05) is 16.8 Å². The summed E-state index contributed by atoms with van der Waals surface area (Å²) in [5.74, 6) is 1.31. The number of benzene rings is 2. The number of para-hydroxylation sites is 2. The van der Waals surface area contributed by atoms with Gasteiger partial charge in [-0.05, 0) is 29.5 Å². The van der Waals surface area contributed by atoms with Crippen molar-refractivity contribution >= 4 is 21.9 Å². The molecule has 3 heterocycles. The maximum atomic E-state index is 5.84. The Hall–Kier alpha value is -3.47. The summed E-state index contributed by atoms with van der Waals surface area (Å²) in [7, 11) is 0. The summed E-state index contributed by atoms with van der Waals surface area (Å²) in [5.41, 5.74) is 2.88. The third kappa shape index (κ3) is 2.06. The van der Waals surface area contributed by atoms with E-state index in [0.717, 1.165) is 21.9 Å². The van der Waals surface area contributed by atoms with Gasteiger partial charge in [-0.2, -0.15) is 0 Å². The Kier molecular flexibility index (Phi) is 2.72. The molecule has 0 atom stereocenters. The largest absolute Gasteiger partial charge is 0.454 e. The summed E-state index contributed by atoms with van der Waals surface area (Å²) in [5, 5.41) is 14.1. The Morgan fingerprint density at radius 2 is 1.08 bits per heavy atom. The van der Waals surface area contributed by atoms with E-state index >= 15 is 0 Å². The van der Waals surface area contributed by atoms with E-state index in [2.05, 4.69) is 15.4 Å². The van der Waals surface area contributed by atoms with Crippen LogP contribution in [0.3, 0.4) is 0 Å². The third-order valence-corrected chi connectivity index (χ3v) is 3.93. The van der Waals surface area contributed by atoms with E-state index in [1.807, 2.05) is 66.7 Å². The highest BCUT2D eigenvalue weighted by molar-refractivity contribution is 5.84. The van der Waals surface area contributed by atoms with Gasteiger partial charge in [0.2, 0.25) is 0 Å². The molecule has 0 N–H and O–H groups in total. The number of nitrogens with zero attached hydrogens (tertiary/aromatic N) is 3. The first kappa shape index (κ1) is 13.0. The van der Waals surface area contributed by atoms with Crippen molar-refractivity contribution in [2.24, 2.45) is 0 Å². The Morgan fingerprint density at radius 3 is 1.58 bits per heavy atom. The van der Waals surface area contributed by atoms with Crippen molar-refractivity contribution in [1.82, 2.24) is 15.4 Å². The summed E-state index contributed by atoms with van der Waals surface area (Å²) in [4.78, 5) is 0. The third-order valence-electron chi connectivity index (χ3n) is 3.93. The van der Waals surface area contributed by atoms with Crippen molar-refractivity contribution in [2.75, 3.05) is 0 Å². The van der Waals surface area contributed by atoms with Crippen LogP contribution >= 0.6 is 0 Å². The van der Waals surface area contributed by atoms with Crippen LogP contribution < -0.4 is 0 Å². The molecule has 0 radical (unpaired) electrons. The van der Waals surface area contributed by atoms with Crippen molar-refractivity contribution in [1.29, 1.82) is 0 Å². The SMILES string of the molecule is c1ccc2oc(-c3cc(-c4cc5ccccc5o4)nnn3)cc2c1. The minimum atomic E-state index is 0.622. The fourth-order valence-corrected chi connectivity index (χ4v) is 2.76. The lowest BCUT2D eigenvalue weighted by Crippen LogP contribution is -1.92. The predicted octanol–water partition coefficient (Wildman–Crippen LogP) is 4.70. The van der Waals surface area contributed by atoms with Gasteiger partial charge in [-0.3, -0.25) is 0 Å². The molecule has 5 heteroatoms. The lowest BCUT2D eigenvalue weighted by molar-refractivity contribution is 0.619. The normalized spacial score (nSPS) is 11.3. The first-order valence-electron chi connectivity index (χ1n) is 7.55. The van der Waals surface area contributed by atoms with Gasteiger partial charge in [0.25, 0.3) is 0 Å². The van der Waals surface area contributed by atoms with Crippen LogP contribution in [0, 0.1) is 0 Å². The molecule has 0 saturated heterocycles. The lowest BCUT2D eigenvalue weighted by Gasteiger charge is -1.97. The maximum Gasteiger partial charge on any atom is 0.155 e. The van der Waals surface area contributed by atoms with Crippen LogP contribution in [0.25, 0.3) is 44.8 Å². The van der Waals surface area contributed by atoms with Gasteiger partial charge in [0.15, 0.2) is 11.5 Å². The maximum absolute atomic E-state index is 5.84. The molecular formula is C19H11N3O2. The van der Waals surface area contributed by atoms with Crippen LogP contribution in [0.5, 0.6) is 0 Å². The molecule has 0 saturated carbocycles. The van der Waals surface area contributed by atoms with Gasteiger partial charge in [-0.1, -0.05) is 36.4 Å². The smallest absolute Gasteiger partial charge is 0.155 e. The molecule has 3 aromatic heterocycles. The second-order valence-corrected chi connectivity index (χ2v) is 5.50. The lowest BCUT2D eigenvalue weighted by atomic mass is 10.2. The van der Waals surface area contributed by atoms with Crippen LogP contribution in [0.15, 0.2) is 75.6 Å². The molecule has 2 aromatic carbocycles. The molecule has 0 aliphatic rings. The van der Waals surface area contributed by atoms with Crippen molar-refractivity contribution in [2.45, 2.75) is 0 Å². The summed E-state index contributed by atoms with van der Waals surface area (Å²) < 4.78 is 11.7. The fraction of sp³-hybridized carbons (Fsp3) is 0. The van der Waals surface area contributed by atoms with Crippen LogP contribution in [0.1, 0.15) is 0 Å². The molecule has 0 unspecified atom stereocenters. The van der Waals surface area contributed by atoms with Crippen molar-refractivity contribution in [3.8, 4) is 22.9 Å². The minimum Gasteiger partial charge on any atom is -0.454 e. The molecule has 5 nitrogen and oxygen atoms in total. The summed E-state index contributed by atoms with van der Waals surface area (Å²) in [6.07, 6.45) is 0. The van der Waals surface area contributed by atoms with E-state index in [0.29, 0.717) is 22.9 Å². The number of fused-ring (bicyclic) bond motifs is 2.